The van der Waals surface area contributed by atoms with Gasteiger partial charge in [-0.15, -0.1) is 0 Å². The maximum Gasteiger partial charge on any atom is 0.315 e. The fraction of sp³-hybridized carbons (Fsp3) is 0.222. The monoisotopic (exact) mass is 326 g/mol. The molecule has 3 rings (SSSR count). The maximum absolute atomic E-state index is 12.2. The highest BCUT2D eigenvalue weighted by atomic mass is 16.5. The van der Waals surface area contributed by atoms with Crippen molar-refractivity contribution in [2.75, 3.05) is 14.2 Å². The van der Waals surface area contributed by atoms with Crippen LogP contribution in [0.4, 0.5) is 0 Å². The summed E-state index contributed by atoms with van der Waals surface area (Å²) in [6.07, 6.45) is 1.86. The van der Waals surface area contributed by atoms with Gasteiger partial charge in [0.1, 0.15) is 5.75 Å². The van der Waals surface area contributed by atoms with Crippen LogP contribution in [-0.2, 0) is 18.3 Å². The molecule has 0 aliphatic heterocycles. The Hall–Kier alpha value is -3.02. The zero-order valence-corrected chi connectivity index (χ0v) is 13.8. The van der Waals surface area contributed by atoms with E-state index in [1.807, 2.05) is 23.7 Å². The predicted molar refractivity (Wildman–Crippen MR) is 89.6 cm³/mol. The van der Waals surface area contributed by atoms with Gasteiger partial charge in [0, 0.05) is 13.1 Å². The van der Waals surface area contributed by atoms with Gasteiger partial charge in [0.15, 0.2) is 11.5 Å². The number of aromatic nitrogens is 2. The first-order valence-corrected chi connectivity index (χ1v) is 7.43. The van der Waals surface area contributed by atoms with Gasteiger partial charge in [0.25, 0.3) is 0 Å². The standard InChI is InChI=1S/C18H18N2O4/c1-20-11-19-14-10-13(5-6-15(14)20)24-18(21)9-12-4-7-16(22-2)17(8-12)23-3/h4-8,10-11H,9H2,1-3H3. The Morgan fingerprint density at radius 1 is 1.08 bits per heavy atom. The lowest BCUT2D eigenvalue weighted by Gasteiger charge is -2.09. The quantitative estimate of drug-likeness (QED) is 0.533. The summed E-state index contributed by atoms with van der Waals surface area (Å²) < 4.78 is 17.7. The van der Waals surface area contributed by atoms with Gasteiger partial charge in [-0.25, -0.2) is 4.98 Å². The topological polar surface area (TPSA) is 62.6 Å². The molecule has 24 heavy (non-hydrogen) atoms. The lowest BCUT2D eigenvalue weighted by Crippen LogP contribution is -2.11. The van der Waals surface area contributed by atoms with Crippen LogP contribution in [0.3, 0.4) is 0 Å². The summed E-state index contributed by atoms with van der Waals surface area (Å²) in [5, 5.41) is 0. The van der Waals surface area contributed by atoms with Gasteiger partial charge in [-0.3, -0.25) is 4.79 Å². The summed E-state index contributed by atoms with van der Waals surface area (Å²) >= 11 is 0. The van der Waals surface area contributed by atoms with Gasteiger partial charge >= 0.3 is 5.97 Å². The Kier molecular flexibility index (Phi) is 4.37. The van der Waals surface area contributed by atoms with Crippen molar-refractivity contribution in [1.82, 2.24) is 9.55 Å². The lowest BCUT2D eigenvalue weighted by atomic mass is 10.1. The molecule has 0 aliphatic carbocycles. The molecule has 1 heterocycles. The number of rotatable bonds is 5. The Labute approximate surface area is 139 Å². The van der Waals surface area contributed by atoms with E-state index in [1.54, 1.807) is 44.8 Å². The highest BCUT2D eigenvalue weighted by Crippen LogP contribution is 2.28. The number of hydrogen-bond acceptors (Lipinski definition) is 5. The van der Waals surface area contributed by atoms with Crippen LogP contribution in [0.1, 0.15) is 5.56 Å². The largest absolute Gasteiger partial charge is 0.493 e. The highest BCUT2D eigenvalue weighted by Gasteiger charge is 2.11. The van der Waals surface area contributed by atoms with Crippen LogP contribution < -0.4 is 14.2 Å². The van der Waals surface area contributed by atoms with E-state index >= 15 is 0 Å². The summed E-state index contributed by atoms with van der Waals surface area (Å²) in [6, 6.07) is 10.7. The first-order chi connectivity index (χ1) is 11.6. The van der Waals surface area contributed by atoms with Gasteiger partial charge < -0.3 is 18.8 Å². The summed E-state index contributed by atoms with van der Waals surface area (Å²) in [5.74, 6) is 1.33. The van der Waals surface area contributed by atoms with E-state index in [1.165, 1.54) is 0 Å². The second kappa shape index (κ2) is 6.62. The minimum absolute atomic E-state index is 0.139. The Morgan fingerprint density at radius 3 is 2.62 bits per heavy atom. The van der Waals surface area contributed by atoms with E-state index in [2.05, 4.69) is 4.98 Å². The van der Waals surface area contributed by atoms with Gasteiger partial charge in [-0.05, 0) is 29.8 Å². The van der Waals surface area contributed by atoms with Gasteiger partial charge in [0.05, 0.1) is 38.0 Å². The fourth-order valence-corrected chi connectivity index (χ4v) is 2.50. The molecule has 6 nitrogen and oxygen atoms in total. The molecule has 0 spiro atoms. The second-order valence-electron chi connectivity index (χ2n) is 5.35. The number of carbonyl (C=O) groups is 1. The first kappa shape index (κ1) is 15.9. The third-order valence-corrected chi connectivity index (χ3v) is 3.72. The molecule has 0 bridgehead atoms. The van der Waals surface area contributed by atoms with Gasteiger partial charge in [0.2, 0.25) is 0 Å². The number of fused-ring (bicyclic) bond motifs is 1. The average Bonchev–Trinajstić information content (AvgIpc) is 2.95. The SMILES string of the molecule is COc1ccc(CC(=O)Oc2ccc3c(c2)ncn3C)cc1OC. The Bertz CT molecular complexity index is 886. The van der Waals surface area contributed by atoms with E-state index in [-0.39, 0.29) is 12.4 Å². The average molecular weight is 326 g/mol. The molecule has 0 atom stereocenters. The maximum atomic E-state index is 12.2. The van der Waals surface area contributed by atoms with Crippen LogP contribution >= 0.6 is 0 Å². The summed E-state index contributed by atoms with van der Waals surface area (Å²) in [7, 11) is 5.04. The summed E-state index contributed by atoms with van der Waals surface area (Å²) in [5.41, 5.74) is 2.56. The molecule has 6 heteroatoms. The van der Waals surface area contributed by atoms with Gasteiger partial charge in [-0.1, -0.05) is 6.07 Å². The number of methoxy groups -OCH3 is 2. The molecule has 0 saturated carbocycles. The third-order valence-electron chi connectivity index (χ3n) is 3.72. The van der Waals surface area contributed by atoms with Gasteiger partial charge in [-0.2, -0.15) is 0 Å². The molecule has 124 valence electrons. The number of nitrogens with zero attached hydrogens (tertiary/aromatic N) is 2. The molecular weight excluding hydrogens is 308 g/mol. The minimum atomic E-state index is -0.350. The van der Waals surface area contributed by atoms with Crippen LogP contribution in [0.5, 0.6) is 17.2 Å². The number of hydrogen-bond donors (Lipinski definition) is 0. The lowest BCUT2D eigenvalue weighted by molar-refractivity contribution is -0.133. The first-order valence-electron chi connectivity index (χ1n) is 7.43. The number of esters is 1. The van der Waals surface area contributed by atoms with E-state index in [4.69, 9.17) is 14.2 Å². The Balaban J connectivity index is 1.72. The number of aryl methyl sites for hydroxylation is 1. The van der Waals surface area contributed by atoms with Crippen molar-refractivity contribution in [3.8, 4) is 17.2 Å². The van der Waals surface area contributed by atoms with Crippen molar-refractivity contribution in [2.24, 2.45) is 7.05 Å². The molecule has 0 N–H and O–H groups in total. The summed E-state index contributed by atoms with van der Waals surface area (Å²) in [6.45, 7) is 0. The van der Waals surface area contributed by atoms with Crippen molar-refractivity contribution in [1.29, 1.82) is 0 Å². The smallest absolute Gasteiger partial charge is 0.315 e. The fourth-order valence-electron chi connectivity index (χ4n) is 2.50. The number of imidazole rings is 1. The van der Waals surface area contributed by atoms with Crippen LogP contribution in [0.15, 0.2) is 42.7 Å². The van der Waals surface area contributed by atoms with Crippen molar-refractivity contribution in [3.05, 3.63) is 48.3 Å². The second-order valence-corrected chi connectivity index (χ2v) is 5.35. The predicted octanol–water partition coefficient (Wildman–Crippen LogP) is 2.74. The zero-order chi connectivity index (χ0) is 17.1. The van der Waals surface area contributed by atoms with Crippen LogP contribution in [-0.4, -0.2) is 29.7 Å². The van der Waals surface area contributed by atoms with Crippen molar-refractivity contribution in [2.45, 2.75) is 6.42 Å². The van der Waals surface area contributed by atoms with E-state index in [0.29, 0.717) is 17.2 Å². The molecule has 0 amide bonds. The number of ether oxygens (including phenoxy) is 3. The number of carbonyl (C=O) groups excluding carboxylic acids is 1. The van der Waals surface area contributed by atoms with E-state index in [0.717, 1.165) is 16.6 Å². The molecule has 2 aromatic carbocycles. The van der Waals surface area contributed by atoms with Crippen LogP contribution in [0, 0.1) is 0 Å². The molecule has 0 aliphatic rings. The molecule has 0 radical (unpaired) electrons. The third kappa shape index (κ3) is 3.17. The zero-order valence-electron chi connectivity index (χ0n) is 13.8. The van der Waals surface area contributed by atoms with Crippen molar-refractivity contribution < 1.29 is 19.0 Å². The molecule has 0 fully saturated rings. The minimum Gasteiger partial charge on any atom is -0.493 e. The van der Waals surface area contributed by atoms with Crippen molar-refractivity contribution >= 4 is 17.0 Å². The van der Waals surface area contributed by atoms with Crippen LogP contribution in [0.2, 0.25) is 0 Å². The number of benzene rings is 2. The van der Waals surface area contributed by atoms with Crippen molar-refractivity contribution in [3.63, 3.8) is 0 Å². The van der Waals surface area contributed by atoms with E-state index in [9.17, 15) is 4.79 Å². The highest BCUT2D eigenvalue weighted by molar-refractivity contribution is 5.80. The van der Waals surface area contributed by atoms with E-state index < -0.39 is 0 Å². The molecule has 1 aromatic heterocycles. The van der Waals surface area contributed by atoms with Crippen LogP contribution in [0.25, 0.3) is 11.0 Å². The molecular formula is C18H18N2O4. The molecule has 0 unspecified atom stereocenters. The normalized spacial score (nSPS) is 10.6. The molecule has 0 saturated heterocycles. The summed E-state index contributed by atoms with van der Waals surface area (Å²) in [4.78, 5) is 16.4. The molecule has 3 aromatic rings. The Morgan fingerprint density at radius 2 is 1.88 bits per heavy atom.